The Morgan fingerprint density at radius 3 is 2.50 bits per heavy atom. The van der Waals surface area contributed by atoms with Crippen molar-refractivity contribution in [3.8, 4) is 0 Å². The zero-order chi connectivity index (χ0) is 15.2. The van der Waals surface area contributed by atoms with Crippen LogP contribution in [0.4, 0.5) is 0 Å². The van der Waals surface area contributed by atoms with Gasteiger partial charge in [0.05, 0.1) is 11.3 Å². The molecule has 22 heavy (non-hydrogen) atoms. The first-order valence-electron chi connectivity index (χ1n) is 8.96. The third kappa shape index (κ3) is 2.64. The zero-order valence-corrected chi connectivity index (χ0v) is 13.4. The van der Waals surface area contributed by atoms with Gasteiger partial charge in [-0.3, -0.25) is 9.59 Å². The second-order valence-electron chi connectivity index (χ2n) is 7.84. The van der Waals surface area contributed by atoms with E-state index in [9.17, 15) is 9.59 Å². The van der Waals surface area contributed by atoms with Gasteiger partial charge in [-0.1, -0.05) is 0 Å². The van der Waals surface area contributed by atoms with Gasteiger partial charge in [-0.05, 0) is 57.5 Å². The van der Waals surface area contributed by atoms with Crippen LogP contribution in [-0.4, -0.2) is 60.9 Å². The fourth-order valence-corrected chi connectivity index (χ4v) is 4.43. The van der Waals surface area contributed by atoms with E-state index in [-0.39, 0.29) is 17.2 Å². The Balaban J connectivity index is 1.35. The lowest BCUT2D eigenvalue weighted by Crippen LogP contribution is -2.50. The van der Waals surface area contributed by atoms with Crippen molar-refractivity contribution in [2.24, 2.45) is 17.3 Å². The van der Waals surface area contributed by atoms with E-state index in [2.05, 4.69) is 10.2 Å². The molecule has 2 bridgehead atoms. The summed E-state index contributed by atoms with van der Waals surface area (Å²) in [5.74, 6) is 1.22. The number of carbonyl (C=O) groups excluding carboxylic acids is 2. The summed E-state index contributed by atoms with van der Waals surface area (Å²) >= 11 is 0. The first-order valence-corrected chi connectivity index (χ1v) is 8.96. The van der Waals surface area contributed by atoms with Crippen molar-refractivity contribution in [2.45, 2.75) is 38.5 Å². The predicted molar refractivity (Wildman–Crippen MR) is 83.1 cm³/mol. The standard InChI is InChI=1S/C17H27N3O2/c21-15(18-10-13-3-4-13)14-2-1-7-20(11-14)16(22)17-5-8-19(12-17)9-6-17/h13-14H,1-12H2,(H,18,21). The van der Waals surface area contributed by atoms with Gasteiger partial charge >= 0.3 is 0 Å². The quantitative estimate of drug-likeness (QED) is 0.838. The molecule has 4 aliphatic rings. The topological polar surface area (TPSA) is 52.7 Å². The van der Waals surface area contributed by atoms with E-state index in [1.165, 1.54) is 12.8 Å². The van der Waals surface area contributed by atoms with Crippen LogP contribution in [0.15, 0.2) is 0 Å². The van der Waals surface area contributed by atoms with E-state index in [1.807, 2.05) is 4.90 Å². The van der Waals surface area contributed by atoms with Crippen LogP contribution >= 0.6 is 0 Å². The molecule has 1 saturated carbocycles. The molecule has 5 nitrogen and oxygen atoms in total. The molecule has 122 valence electrons. The van der Waals surface area contributed by atoms with E-state index in [1.54, 1.807) is 0 Å². The van der Waals surface area contributed by atoms with E-state index >= 15 is 0 Å². The van der Waals surface area contributed by atoms with Gasteiger partial charge in [0.15, 0.2) is 0 Å². The molecule has 0 aromatic rings. The first kappa shape index (κ1) is 14.5. The summed E-state index contributed by atoms with van der Waals surface area (Å²) in [5.41, 5.74) is -0.119. The third-order valence-electron chi connectivity index (χ3n) is 6.13. The fraction of sp³-hybridized carbons (Fsp3) is 0.882. The molecule has 1 aliphatic carbocycles. The van der Waals surface area contributed by atoms with Crippen molar-refractivity contribution in [3.63, 3.8) is 0 Å². The second-order valence-corrected chi connectivity index (χ2v) is 7.84. The number of nitrogens with one attached hydrogen (secondary N) is 1. The normalized spacial score (nSPS) is 37.4. The van der Waals surface area contributed by atoms with Crippen molar-refractivity contribution in [1.82, 2.24) is 15.1 Å². The molecular weight excluding hydrogens is 278 g/mol. The third-order valence-corrected chi connectivity index (χ3v) is 6.13. The maximum Gasteiger partial charge on any atom is 0.230 e. The van der Waals surface area contributed by atoms with E-state index < -0.39 is 0 Å². The molecule has 1 N–H and O–H groups in total. The highest BCUT2D eigenvalue weighted by molar-refractivity contribution is 5.85. The highest BCUT2D eigenvalue weighted by atomic mass is 16.2. The number of piperidine rings is 2. The first-order chi connectivity index (χ1) is 10.7. The Morgan fingerprint density at radius 1 is 1.09 bits per heavy atom. The summed E-state index contributed by atoms with van der Waals surface area (Å²) in [4.78, 5) is 29.7. The van der Waals surface area contributed by atoms with Crippen LogP contribution < -0.4 is 5.32 Å². The van der Waals surface area contributed by atoms with Crippen LogP contribution in [-0.2, 0) is 9.59 Å². The molecule has 5 heteroatoms. The van der Waals surface area contributed by atoms with Gasteiger partial charge in [0.25, 0.3) is 0 Å². The summed E-state index contributed by atoms with van der Waals surface area (Å²) in [6.07, 6.45) is 6.44. The Bertz CT molecular complexity index is 467. The minimum absolute atomic E-state index is 0.00626. The fourth-order valence-electron chi connectivity index (χ4n) is 4.43. The van der Waals surface area contributed by atoms with Gasteiger partial charge in [-0.25, -0.2) is 0 Å². The van der Waals surface area contributed by atoms with Crippen LogP contribution in [0.3, 0.4) is 0 Å². The number of hydrogen-bond donors (Lipinski definition) is 1. The number of rotatable bonds is 4. The lowest BCUT2D eigenvalue weighted by Gasteiger charge is -2.37. The molecule has 0 radical (unpaired) electrons. The van der Waals surface area contributed by atoms with Crippen LogP contribution in [0.2, 0.25) is 0 Å². The molecule has 1 atom stereocenters. The molecule has 4 fully saturated rings. The average molecular weight is 305 g/mol. The van der Waals surface area contributed by atoms with Crippen molar-refractivity contribution < 1.29 is 9.59 Å². The van der Waals surface area contributed by atoms with Crippen molar-refractivity contribution in [1.29, 1.82) is 0 Å². The minimum Gasteiger partial charge on any atom is -0.356 e. The molecule has 0 spiro atoms. The monoisotopic (exact) mass is 305 g/mol. The summed E-state index contributed by atoms with van der Waals surface area (Å²) in [6, 6.07) is 0. The Hall–Kier alpha value is -1.10. The molecule has 3 aliphatic heterocycles. The number of hydrogen-bond acceptors (Lipinski definition) is 3. The minimum atomic E-state index is -0.119. The Morgan fingerprint density at radius 2 is 1.86 bits per heavy atom. The van der Waals surface area contributed by atoms with Crippen molar-refractivity contribution in [2.75, 3.05) is 39.3 Å². The zero-order valence-electron chi connectivity index (χ0n) is 13.4. The van der Waals surface area contributed by atoms with Crippen LogP contribution in [0.5, 0.6) is 0 Å². The Kier molecular flexibility index (Phi) is 3.63. The van der Waals surface area contributed by atoms with Gasteiger partial charge in [-0.2, -0.15) is 0 Å². The smallest absolute Gasteiger partial charge is 0.230 e. The van der Waals surface area contributed by atoms with Gasteiger partial charge in [0, 0.05) is 26.2 Å². The lowest BCUT2D eigenvalue weighted by molar-refractivity contribution is -0.144. The second kappa shape index (κ2) is 5.52. The molecule has 4 rings (SSSR count). The van der Waals surface area contributed by atoms with Gasteiger partial charge in [0.1, 0.15) is 0 Å². The van der Waals surface area contributed by atoms with Gasteiger partial charge in [-0.15, -0.1) is 0 Å². The number of fused-ring (bicyclic) bond motifs is 2. The molecule has 3 heterocycles. The summed E-state index contributed by atoms with van der Waals surface area (Å²) in [6.45, 7) is 5.41. The summed E-state index contributed by atoms with van der Waals surface area (Å²) < 4.78 is 0. The number of nitrogens with zero attached hydrogens (tertiary/aromatic N) is 2. The number of carbonyl (C=O) groups is 2. The molecule has 0 aromatic carbocycles. The van der Waals surface area contributed by atoms with Gasteiger partial charge in [0.2, 0.25) is 11.8 Å². The predicted octanol–water partition coefficient (Wildman–Crippen LogP) is 0.847. The summed E-state index contributed by atoms with van der Waals surface area (Å²) in [7, 11) is 0. The Labute approximate surface area is 132 Å². The van der Waals surface area contributed by atoms with Crippen LogP contribution in [0.25, 0.3) is 0 Å². The maximum atomic E-state index is 13.0. The van der Waals surface area contributed by atoms with Crippen LogP contribution in [0.1, 0.15) is 38.5 Å². The van der Waals surface area contributed by atoms with Crippen molar-refractivity contribution in [3.05, 3.63) is 0 Å². The van der Waals surface area contributed by atoms with E-state index in [4.69, 9.17) is 0 Å². The van der Waals surface area contributed by atoms with E-state index in [0.29, 0.717) is 18.4 Å². The molecule has 1 unspecified atom stereocenters. The van der Waals surface area contributed by atoms with Crippen LogP contribution in [0, 0.1) is 17.3 Å². The average Bonchev–Trinajstić information content (AvgIpc) is 3.17. The largest absolute Gasteiger partial charge is 0.356 e. The van der Waals surface area contributed by atoms with Gasteiger partial charge < -0.3 is 15.1 Å². The highest BCUT2D eigenvalue weighted by Crippen LogP contribution is 2.42. The van der Waals surface area contributed by atoms with E-state index in [0.717, 1.165) is 58.4 Å². The highest BCUT2D eigenvalue weighted by Gasteiger charge is 2.51. The molecule has 3 saturated heterocycles. The summed E-state index contributed by atoms with van der Waals surface area (Å²) in [5, 5.41) is 3.09. The molecule has 2 amide bonds. The lowest BCUT2D eigenvalue weighted by atomic mass is 9.82. The number of likely N-dealkylation sites (tertiary alicyclic amines) is 1. The maximum absolute atomic E-state index is 13.0. The SMILES string of the molecule is O=C(NCC1CC1)C1CCCN(C(=O)C23CCN(CC2)C3)C1. The van der Waals surface area contributed by atoms with Crippen molar-refractivity contribution >= 4 is 11.8 Å². The number of amides is 2. The molecule has 0 aromatic heterocycles. The molecular formula is C17H27N3O2.